The molecule has 2 amide bonds. The Labute approximate surface area is 227 Å². The Morgan fingerprint density at radius 2 is 1.79 bits per heavy atom. The van der Waals surface area contributed by atoms with Crippen LogP contribution in [0.3, 0.4) is 0 Å². The minimum atomic E-state index is -0.918. The number of carbonyl (C=O) groups is 2. The van der Waals surface area contributed by atoms with E-state index in [2.05, 4.69) is 4.98 Å². The van der Waals surface area contributed by atoms with Gasteiger partial charge in [-0.2, -0.15) is 5.26 Å². The van der Waals surface area contributed by atoms with Crippen molar-refractivity contribution in [2.45, 2.75) is 58.0 Å². The summed E-state index contributed by atoms with van der Waals surface area (Å²) in [5, 5.41) is 9.01. The minimum absolute atomic E-state index is 0.0631. The number of benzene rings is 1. The van der Waals surface area contributed by atoms with Crippen LogP contribution in [-0.4, -0.2) is 58.9 Å². The molecule has 0 bridgehead atoms. The molecule has 1 aromatic heterocycles. The van der Waals surface area contributed by atoms with Gasteiger partial charge in [0.05, 0.1) is 5.56 Å². The Hall–Kier alpha value is -3.54. The molecule has 0 spiro atoms. The highest BCUT2D eigenvalue weighted by molar-refractivity contribution is 5.85. The lowest BCUT2D eigenvalue weighted by Gasteiger charge is -2.43. The van der Waals surface area contributed by atoms with Crippen LogP contribution >= 0.6 is 0 Å². The second kappa shape index (κ2) is 10.9. The summed E-state index contributed by atoms with van der Waals surface area (Å²) in [6, 6.07) is 9.23. The molecule has 3 fully saturated rings. The number of halogens is 2. The molecule has 39 heavy (non-hydrogen) atoms. The van der Waals surface area contributed by atoms with Gasteiger partial charge in [0, 0.05) is 61.6 Å². The van der Waals surface area contributed by atoms with Crippen molar-refractivity contribution < 1.29 is 23.1 Å². The fraction of sp³-hybridized carbons (Fsp3) is 0.533. The summed E-state index contributed by atoms with van der Waals surface area (Å²) in [5.41, 5.74) is 0.846. The van der Waals surface area contributed by atoms with Gasteiger partial charge in [0.1, 0.15) is 12.2 Å². The van der Waals surface area contributed by atoms with Crippen molar-refractivity contribution in [3.05, 3.63) is 59.3 Å². The maximum absolute atomic E-state index is 14.3. The van der Waals surface area contributed by atoms with Gasteiger partial charge in [0.25, 0.3) is 0 Å². The molecule has 0 unspecified atom stereocenters. The highest BCUT2D eigenvalue weighted by Gasteiger charge is 2.48. The predicted molar refractivity (Wildman–Crippen MR) is 139 cm³/mol. The number of nitriles is 1. The molecule has 1 saturated carbocycles. The highest BCUT2D eigenvalue weighted by Crippen LogP contribution is 2.47. The summed E-state index contributed by atoms with van der Waals surface area (Å²) < 4.78 is 34.1. The van der Waals surface area contributed by atoms with Crippen LogP contribution < -0.4 is 4.74 Å². The van der Waals surface area contributed by atoms with E-state index in [0.717, 1.165) is 18.9 Å². The summed E-state index contributed by atoms with van der Waals surface area (Å²) in [6.45, 7) is 6.03. The molecular weight excluding hydrogens is 502 g/mol. The van der Waals surface area contributed by atoms with Crippen LogP contribution in [-0.2, 0) is 9.59 Å². The number of aromatic nitrogens is 1. The van der Waals surface area contributed by atoms with Gasteiger partial charge in [-0.3, -0.25) is 9.59 Å². The largest absolute Gasteiger partial charge is 0.474 e. The molecule has 7 nitrogen and oxygen atoms in total. The van der Waals surface area contributed by atoms with E-state index in [1.807, 2.05) is 29.7 Å². The number of nitrogens with zero attached hydrogens (tertiary/aromatic N) is 4. The van der Waals surface area contributed by atoms with Gasteiger partial charge in [-0.1, -0.05) is 13.0 Å². The molecule has 2 aromatic rings. The monoisotopic (exact) mass is 536 g/mol. The third kappa shape index (κ3) is 5.75. The van der Waals surface area contributed by atoms with Crippen LogP contribution in [0.2, 0.25) is 0 Å². The van der Waals surface area contributed by atoms with E-state index in [9.17, 15) is 18.4 Å². The molecule has 0 radical (unpaired) electrons. The average molecular weight is 537 g/mol. The van der Waals surface area contributed by atoms with Crippen LogP contribution in [0.1, 0.15) is 63.0 Å². The lowest BCUT2D eigenvalue weighted by molar-refractivity contribution is -0.144. The predicted octanol–water partition coefficient (Wildman–Crippen LogP) is 4.67. The fourth-order valence-corrected chi connectivity index (χ4v) is 5.99. The first-order valence-electron chi connectivity index (χ1n) is 13.7. The molecule has 1 aromatic carbocycles. The van der Waals surface area contributed by atoms with Crippen molar-refractivity contribution in [2.24, 2.45) is 17.3 Å². The van der Waals surface area contributed by atoms with Gasteiger partial charge in [0.15, 0.2) is 11.6 Å². The number of pyridine rings is 1. The molecule has 9 heteroatoms. The first kappa shape index (κ1) is 27.0. The van der Waals surface area contributed by atoms with Crippen LogP contribution in [0.4, 0.5) is 8.78 Å². The summed E-state index contributed by atoms with van der Waals surface area (Å²) in [6.07, 6.45) is 4.91. The van der Waals surface area contributed by atoms with Gasteiger partial charge in [-0.25, -0.2) is 13.8 Å². The van der Waals surface area contributed by atoms with Crippen molar-refractivity contribution in [1.82, 2.24) is 14.8 Å². The molecular formula is C30H34F2N4O3. The van der Waals surface area contributed by atoms with Crippen molar-refractivity contribution in [1.29, 1.82) is 5.26 Å². The molecule has 2 saturated heterocycles. The SMILES string of the molecule is C[C@H](Oc1ccc(C#N)cn1)[C@H]1CCN(C(=O)C2CCN(C(=O)C3(C)CC3)CC2)C[C@@H]1c1ccc(F)c(F)c1. The number of ether oxygens (including phenoxy) is 1. The Kier molecular flexibility index (Phi) is 7.57. The van der Waals surface area contributed by atoms with Crippen molar-refractivity contribution in [3.8, 4) is 11.9 Å². The van der Waals surface area contributed by atoms with Gasteiger partial charge >= 0.3 is 0 Å². The Morgan fingerprint density at radius 3 is 2.41 bits per heavy atom. The molecule has 0 N–H and O–H groups in total. The highest BCUT2D eigenvalue weighted by atomic mass is 19.2. The number of carbonyl (C=O) groups excluding carboxylic acids is 2. The first-order chi connectivity index (χ1) is 18.7. The number of hydrogen-bond acceptors (Lipinski definition) is 5. The topological polar surface area (TPSA) is 86.5 Å². The molecule has 3 heterocycles. The van der Waals surface area contributed by atoms with Crippen LogP contribution in [0, 0.1) is 40.2 Å². The van der Waals surface area contributed by atoms with Crippen molar-refractivity contribution >= 4 is 11.8 Å². The molecule has 3 aliphatic rings. The van der Waals surface area contributed by atoms with Crippen LogP contribution in [0.25, 0.3) is 0 Å². The standard InChI is InChI=1S/C30H34F2N4O3/c1-19(39-27-6-3-20(16-33)17-34-27)23-9-14-36(18-24(23)22-4-5-25(31)26(32)15-22)28(37)21-7-12-35(13-8-21)29(38)30(2)10-11-30/h3-6,15,17,19,21,23-24H,7-14,18H2,1-2H3/t19-,23+,24+/m0/s1. The summed E-state index contributed by atoms with van der Waals surface area (Å²) in [7, 11) is 0. The van der Waals surface area contributed by atoms with E-state index < -0.39 is 11.6 Å². The molecule has 5 rings (SSSR count). The maximum atomic E-state index is 14.3. The third-order valence-electron chi connectivity index (χ3n) is 8.77. The van der Waals surface area contributed by atoms with Crippen molar-refractivity contribution in [3.63, 3.8) is 0 Å². The molecule has 1 aliphatic carbocycles. The minimum Gasteiger partial charge on any atom is -0.474 e. The smallest absolute Gasteiger partial charge is 0.228 e. The quantitative estimate of drug-likeness (QED) is 0.536. The van der Waals surface area contributed by atoms with Gasteiger partial charge in [0.2, 0.25) is 17.7 Å². The van der Waals surface area contributed by atoms with Gasteiger partial charge < -0.3 is 14.5 Å². The second-order valence-corrected chi connectivity index (χ2v) is 11.5. The maximum Gasteiger partial charge on any atom is 0.228 e. The number of piperidine rings is 2. The number of hydrogen-bond donors (Lipinski definition) is 0. The Bertz CT molecular complexity index is 1270. The lowest BCUT2D eigenvalue weighted by atomic mass is 9.77. The molecule has 206 valence electrons. The molecule has 3 atom stereocenters. The normalized spacial score (nSPS) is 23.6. The van der Waals surface area contributed by atoms with E-state index >= 15 is 0 Å². The summed E-state index contributed by atoms with van der Waals surface area (Å²) >= 11 is 0. The van der Waals surface area contributed by atoms with Gasteiger partial charge in [-0.15, -0.1) is 0 Å². The zero-order valence-electron chi connectivity index (χ0n) is 22.4. The number of likely N-dealkylation sites (tertiary alicyclic amines) is 2. The van der Waals surface area contributed by atoms with E-state index in [0.29, 0.717) is 62.4 Å². The number of amides is 2. The van der Waals surface area contributed by atoms with Crippen molar-refractivity contribution in [2.75, 3.05) is 26.2 Å². The van der Waals surface area contributed by atoms with Crippen LogP contribution in [0.5, 0.6) is 5.88 Å². The lowest BCUT2D eigenvalue weighted by Crippen LogP contribution is -2.50. The molecule has 2 aliphatic heterocycles. The number of rotatable bonds is 6. The zero-order chi connectivity index (χ0) is 27.7. The van der Waals surface area contributed by atoms with E-state index in [-0.39, 0.29) is 41.1 Å². The van der Waals surface area contributed by atoms with Crippen LogP contribution in [0.15, 0.2) is 36.5 Å². The van der Waals surface area contributed by atoms with E-state index in [1.54, 1.807) is 18.2 Å². The van der Waals surface area contributed by atoms with E-state index in [4.69, 9.17) is 10.00 Å². The van der Waals surface area contributed by atoms with Gasteiger partial charge in [-0.05, 0) is 62.8 Å². The zero-order valence-corrected chi connectivity index (χ0v) is 22.4. The fourth-order valence-electron chi connectivity index (χ4n) is 5.99. The van der Waals surface area contributed by atoms with E-state index in [1.165, 1.54) is 12.3 Å². The third-order valence-corrected chi connectivity index (χ3v) is 8.77. The summed E-state index contributed by atoms with van der Waals surface area (Å²) in [4.78, 5) is 34.3. The Balaban J connectivity index is 1.28. The average Bonchev–Trinajstić information content (AvgIpc) is 3.72. The second-order valence-electron chi connectivity index (χ2n) is 11.5. The summed E-state index contributed by atoms with van der Waals surface area (Å²) in [5.74, 6) is -1.67. The Morgan fingerprint density at radius 1 is 1.08 bits per heavy atom. The first-order valence-corrected chi connectivity index (χ1v) is 13.7.